The normalized spacial score (nSPS) is 11.2. The minimum absolute atomic E-state index is 0.00460. The SMILES string of the molecule is FC(F)(F)c1cccc(Oc2nccc(OCc3ccccc3)n2)c1. The Labute approximate surface area is 141 Å². The molecule has 1 heterocycles. The number of nitrogens with zero attached hydrogens (tertiary/aromatic N) is 2. The molecular weight excluding hydrogens is 333 g/mol. The van der Waals surface area contributed by atoms with E-state index in [2.05, 4.69) is 9.97 Å². The highest BCUT2D eigenvalue weighted by Crippen LogP contribution is 2.32. The van der Waals surface area contributed by atoms with Crippen LogP contribution < -0.4 is 9.47 Å². The van der Waals surface area contributed by atoms with Gasteiger partial charge in [0, 0.05) is 12.3 Å². The standard InChI is InChI=1S/C18H13F3N2O2/c19-18(20,21)14-7-4-8-15(11-14)25-17-22-10-9-16(23-17)24-12-13-5-2-1-3-6-13/h1-11H,12H2. The van der Waals surface area contributed by atoms with E-state index in [0.717, 1.165) is 17.7 Å². The summed E-state index contributed by atoms with van der Waals surface area (Å²) in [5.41, 5.74) is 0.156. The van der Waals surface area contributed by atoms with Gasteiger partial charge in [-0.15, -0.1) is 0 Å². The maximum Gasteiger partial charge on any atom is 0.416 e. The zero-order chi connectivity index (χ0) is 17.7. The summed E-state index contributed by atoms with van der Waals surface area (Å²) in [6.07, 6.45) is -3.03. The second-order valence-corrected chi connectivity index (χ2v) is 5.08. The third-order valence-electron chi connectivity index (χ3n) is 3.21. The maximum atomic E-state index is 12.7. The molecule has 0 aliphatic rings. The summed E-state index contributed by atoms with van der Waals surface area (Å²) in [7, 11) is 0. The third-order valence-corrected chi connectivity index (χ3v) is 3.21. The highest BCUT2D eigenvalue weighted by molar-refractivity contribution is 5.32. The monoisotopic (exact) mass is 346 g/mol. The van der Waals surface area contributed by atoms with E-state index in [-0.39, 0.29) is 17.6 Å². The van der Waals surface area contributed by atoms with Gasteiger partial charge in [-0.3, -0.25) is 0 Å². The molecule has 0 spiro atoms. The van der Waals surface area contributed by atoms with E-state index in [4.69, 9.17) is 9.47 Å². The number of rotatable bonds is 5. The Balaban J connectivity index is 1.69. The fraction of sp³-hybridized carbons (Fsp3) is 0.111. The van der Waals surface area contributed by atoms with Crippen molar-refractivity contribution >= 4 is 0 Å². The van der Waals surface area contributed by atoms with Gasteiger partial charge in [-0.1, -0.05) is 36.4 Å². The van der Waals surface area contributed by atoms with Crippen LogP contribution >= 0.6 is 0 Å². The van der Waals surface area contributed by atoms with Crippen LogP contribution in [-0.4, -0.2) is 9.97 Å². The molecule has 0 aliphatic heterocycles. The predicted octanol–water partition coefficient (Wildman–Crippen LogP) is 4.87. The van der Waals surface area contributed by atoms with Crippen LogP contribution in [0.25, 0.3) is 0 Å². The smallest absolute Gasteiger partial charge is 0.416 e. The van der Waals surface area contributed by atoms with Crippen LogP contribution in [0.3, 0.4) is 0 Å². The molecule has 0 amide bonds. The largest absolute Gasteiger partial charge is 0.473 e. The quantitative estimate of drug-likeness (QED) is 0.661. The van der Waals surface area contributed by atoms with Gasteiger partial charge in [0.2, 0.25) is 5.88 Å². The minimum Gasteiger partial charge on any atom is -0.473 e. The van der Waals surface area contributed by atoms with E-state index in [9.17, 15) is 13.2 Å². The molecule has 25 heavy (non-hydrogen) atoms. The number of benzene rings is 2. The van der Waals surface area contributed by atoms with E-state index < -0.39 is 11.7 Å². The lowest BCUT2D eigenvalue weighted by Crippen LogP contribution is -2.04. The summed E-state index contributed by atoms with van der Waals surface area (Å²) in [5, 5.41) is 0. The van der Waals surface area contributed by atoms with Crippen LogP contribution in [0.5, 0.6) is 17.6 Å². The van der Waals surface area contributed by atoms with E-state index >= 15 is 0 Å². The molecule has 0 saturated carbocycles. The van der Waals surface area contributed by atoms with Crippen molar-refractivity contribution in [1.82, 2.24) is 9.97 Å². The van der Waals surface area contributed by atoms with Gasteiger partial charge in [0.15, 0.2) is 0 Å². The molecule has 2 aromatic carbocycles. The van der Waals surface area contributed by atoms with Crippen molar-refractivity contribution in [2.24, 2.45) is 0 Å². The van der Waals surface area contributed by atoms with E-state index in [1.807, 2.05) is 30.3 Å². The molecule has 1 aromatic heterocycles. The van der Waals surface area contributed by atoms with Crippen molar-refractivity contribution in [3.05, 3.63) is 78.0 Å². The first-order chi connectivity index (χ1) is 12.0. The van der Waals surface area contributed by atoms with Crippen molar-refractivity contribution in [2.75, 3.05) is 0 Å². The Morgan fingerprint density at radius 3 is 2.48 bits per heavy atom. The summed E-state index contributed by atoms with van der Waals surface area (Å²) in [6.45, 7) is 0.306. The number of aromatic nitrogens is 2. The van der Waals surface area contributed by atoms with Gasteiger partial charge < -0.3 is 9.47 Å². The number of hydrogen-bond donors (Lipinski definition) is 0. The van der Waals surface area contributed by atoms with Gasteiger partial charge in [0.25, 0.3) is 0 Å². The molecule has 7 heteroatoms. The van der Waals surface area contributed by atoms with Crippen molar-refractivity contribution in [2.45, 2.75) is 12.8 Å². The molecule has 3 aromatic rings. The molecule has 0 N–H and O–H groups in total. The van der Waals surface area contributed by atoms with Crippen molar-refractivity contribution in [3.8, 4) is 17.6 Å². The topological polar surface area (TPSA) is 44.2 Å². The zero-order valence-electron chi connectivity index (χ0n) is 12.9. The average Bonchev–Trinajstić information content (AvgIpc) is 2.61. The molecular formula is C18H13F3N2O2. The molecule has 0 atom stereocenters. The van der Waals surface area contributed by atoms with Gasteiger partial charge in [-0.25, -0.2) is 4.98 Å². The summed E-state index contributed by atoms with van der Waals surface area (Å²) < 4.78 is 49.0. The fourth-order valence-electron chi connectivity index (χ4n) is 2.03. The lowest BCUT2D eigenvalue weighted by molar-refractivity contribution is -0.137. The Bertz CT molecular complexity index is 839. The van der Waals surface area contributed by atoms with Crippen LogP contribution in [0.2, 0.25) is 0 Å². The van der Waals surface area contributed by atoms with E-state index in [1.54, 1.807) is 6.07 Å². The number of halogens is 3. The Kier molecular flexibility index (Phi) is 4.83. The fourth-order valence-corrected chi connectivity index (χ4v) is 2.03. The maximum absolute atomic E-state index is 12.7. The lowest BCUT2D eigenvalue weighted by atomic mass is 10.2. The minimum atomic E-state index is -4.44. The first-order valence-corrected chi connectivity index (χ1v) is 7.35. The first-order valence-electron chi connectivity index (χ1n) is 7.35. The molecule has 0 radical (unpaired) electrons. The Hall–Kier alpha value is -3.09. The van der Waals surface area contributed by atoms with Crippen LogP contribution in [0.4, 0.5) is 13.2 Å². The van der Waals surface area contributed by atoms with E-state index in [1.165, 1.54) is 18.3 Å². The molecule has 3 rings (SSSR count). The van der Waals surface area contributed by atoms with Gasteiger partial charge in [0.1, 0.15) is 12.4 Å². The van der Waals surface area contributed by atoms with Gasteiger partial charge in [-0.2, -0.15) is 18.2 Å². The number of ether oxygens (including phenoxy) is 2. The number of hydrogen-bond acceptors (Lipinski definition) is 4. The van der Waals surface area contributed by atoms with Crippen LogP contribution in [0.15, 0.2) is 66.9 Å². The second kappa shape index (κ2) is 7.21. The van der Waals surface area contributed by atoms with Gasteiger partial charge >= 0.3 is 12.2 Å². The van der Waals surface area contributed by atoms with Crippen molar-refractivity contribution in [1.29, 1.82) is 0 Å². The summed E-state index contributed by atoms with van der Waals surface area (Å²) in [4.78, 5) is 7.93. The summed E-state index contributed by atoms with van der Waals surface area (Å²) in [6, 6.07) is 15.4. The van der Waals surface area contributed by atoms with Crippen molar-refractivity contribution in [3.63, 3.8) is 0 Å². The van der Waals surface area contributed by atoms with Crippen LogP contribution in [-0.2, 0) is 12.8 Å². The molecule has 0 fully saturated rings. The summed E-state index contributed by atoms with van der Waals surface area (Å²) >= 11 is 0. The second-order valence-electron chi connectivity index (χ2n) is 5.08. The lowest BCUT2D eigenvalue weighted by Gasteiger charge is -2.10. The first kappa shape index (κ1) is 16.8. The Morgan fingerprint density at radius 1 is 0.920 bits per heavy atom. The Morgan fingerprint density at radius 2 is 1.72 bits per heavy atom. The molecule has 0 unspecified atom stereocenters. The highest BCUT2D eigenvalue weighted by Gasteiger charge is 2.30. The molecule has 0 aliphatic carbocycles. The molecule has 4 nitrogen and oxygen atoms in total. The summed E-state index contributed by atoms with van der Waals surface area (Å²) in [5.74, 6) is 0.260. The van der Waals surface area contributed by atoms with E-state index in [0.29, 0.717) is 6.61 Å². The van der Waals surface area contributed by atoms with Crippen LogP contribution in [0.1, 0.15) is 11.1 Å². The predicted molar refractivity (Wildman–Crippen MR) is 84.3 cm³/mol. The number of alkyl halides is 3. The van der Waals surface area contributed by atoms with Crippen molar-refractivity contribution < 1.29 is 22.6 Å². The van der Waals surface area contributed by atoms with Gasteiger partial charge in [0.05, 0.1) is 5.56 Å². The average molecular weight is 346 g/mol. The van der Waals surface area contributed by atoms with Gasteiger partial charge in [-0.05, 0) is 23.8 Å². The molecule has 0 saturated heterocycles. The third kappa shape index (κ3) is 4.69. The zero-order valence-corrected chi connectivity index (χ0v) is 12.9. The molecule has 0 bridgehead atoms. The molecule has 128 valence electrons. The highest BCUT2D eigenvalue weighted by atomic mass is 19.4. The van der Waals surface area contributed by atoms with Crippen LogP contribution in [0, 0.1) is 0 Å².